The van der Waals surface area contributed by atoms with Crippen molar-refractivity contribution in [2.24, 2.45) is 11.8 Å². The quantitative estimate of drug-likeness (QED) is 0.642. The molecule has 0 spiro atoms. The normalized spacial score (nSPS) is 24.4. The minimum absolute atomic E-state index is 0.191. The zero-order valence-electron chi connectivity index (χ0n) is 9.82. The summed E-state index contributed by atoms with van der Waals surface area (Å²) < 4.78 is 5.82. The first-order valence-corrected chi connectivity index (χ1v) is 6.22. The Bertz CT molecular complexity index is 388. The van der Waals surface area contributed by atoms with Crippen LogP contribution >= 0.6 is 11.6 Å². The Kier molecular flexibility index (Phi) is 4.02. The van der Waals surface area contributed by atoms with Crippen molar-refractivity contribution >= 4 is 17.5 Å². The van der Waals surface area contributed by atoms with E-state index in [2.05, 4.69) is 22.3 Å². The van der Waals surface area contributed by atoms with E-state index >= 15 is 0 Å². The number of ether oxygens (including phenoxy) is 1. The lowest BCUT2D eigenvalue weighted by atomic mass is 9.89. The standard InChI is InChI=1S/C11H17ClN4O/c1-7-3-2-4-8(5-7)17-10-9(12)6-14-11(15-10)16-13/h6-8H,2-5,13H2,1H3,(H,14,15,16). The van der Waals surface area contributed by atoms with Crippen molar-refractivity contribution in [2.45, 2.75) is 38.7 Å². The van der Waals surface area contributed by atoms with Crippen LogP contribution in [0.2, 0.25) is 5.02 Å². The summed E-state index contributed by atoms with van der Waals surface area (Å²) in [4.78, 5) is 8.01. The van der Waals surface area contributed by atoms with Gasteiger partial charge in [0.05, 0.1) is 6.20 Å². The first-order chi connectivity index (χ1) is 8.19. The second-order valence-electron chi connectivity index (χ2n) is 4.50. The molecule has 17 heavy (non-hydrogen) atoms. The fraction of sp³-hybridized carbons (Fsp3) is 0.636. The molecule has 0 aliphatic heterocycles. The Hall–Kier alpha value is -1.07. The molecule has 0 bridgehead atoms. The Balaban J connectivity index is 2.06. The van der Waals surface area contributed by atoms with Crippen LogP contribution in [-0.2, 0) is 0 Å². The smallest absolute Gasteiger partial charge is 0.240 e. The number of hydrogen-bond acceptors (Lipinski definition) is 5. The molecule has 3 N–H and O–H groups in total. The third kappa shape index (κ3) is 3.20. The first kappa shape index (κ1) is 12.4. The van der Waals surface area contributed by atoms with Crippen molar-refractivity contribution in [3.63, 3.8) is 0 Å². The Labute approximate surface area is 106 Å². The monoisotopic (exact) mass is 256 g/mol. The SMILES string of the molecule is CC1CCCC(Oc2nc(NN)ncc2Cl)C1. The van der Waals surface area contributed by atoms with Gasteiger partial charge in [0.1, 0.15) is 11.1 Å². The molecule has 1 fully saturated rings. The van der Waals surface area contributed by atoms with Crippen LogP contribution < -0.4 is 16.0 Å². The number of hydrogen-bond donors (Lipinski definition) is 2. The topological polar surface area (TPSA) is 73.1 Å². The van der Waals surface area contributed by atoms with Crippen LogP contribution in [0.15, 0.2) is 6.20 Å². The van der Waals surface area contributed by atoms with Gasteiger partial charge in [-0.05, 0) is 25.2 Å². The number of anilines is 1. The minimum Gasteiger partial charge on any atom is -0.473 e. The van der Waals surface area contributed by atoms with Crippen molar-refractivity contribution in [2.75, 3.05) is 5.43 Å². The first-order valence-electron chi connectivity index (χ1n) is 5.85. The number of aromatic nitrogens is 2. The molecule has 94 valence electrons. The van der Waals surface area contributed by atoms with Crippen molar-refractivity contribution in [3.05, 3.63) is 11.2 Å². The highest BCUT2D eigenvalue weighted by molar-refractivity contribution is 6.31. The van der Waals surface area contributed by atoms with Crippen LogP contribution in [0.25, 0.3) is 0 Å². The number of rotatable bonds is 3. The fourth-order valence-corrected chi connectivity index (χ4v) is 2.28. The van der Waals surface area contributed by atoms with Gasteiger partial charge in [0.15, 0.2) is 0 Å². The van der Waals surface area contributed by atoms with E-state index in [0.29, 0.717) is 22.8 Å². The summed E-state index contributed by atoms with van der Waals surface area (Å²) in [6.45, 7) is 2.24. The van der Waals surface area contributed by atoms with Crippen molar-refractivity contribution < 1.29 is 4.74 Å². The highest BCUT2D eigenvalue weighted by Crippen LogP contribution is 2.29. The van der Waals surface area contributed by atoms with Gasteiger partial charge in [-0.3, -0.25) is 5.43 Å². The van der Waals surface area contributed by atoms with Crippen LogP contribution in [0.4, 0.5) is 5.95 Å². The number of hydrazine groups is 1. The van der Waals surface area contributed by atoms with E-state index in [1.54, 1.807) is 0 Å². The van der Waals surface area contributed by atoms with Gasteiger partial charge in [-0.15, -0.1) is 0 Å². The molecule has 6 heteroatoms. The van der Waals surface area contributed by atoms with E-state index in [-0.39, 0.29) is 6.10 Å². The predicted octanol–water partition coefficient (Wildman–Crippen LogP) is 2.37. The second kappa shape index (κ2) is 5.51. The maximum absolute atomic E-state index is 5.99. The second-order valence-corrected chi connectivity index (χ2v) is 4.91. The van der Waals surface area contributed by atoms with Crippen LogP contribution in [0, 0.1) is 5.92 Å². The van der Waals surface area contributed by atoms with Gasteiger partial charge in [-0.25, -0.2) is 10.8 Å². The van der Waals surface area contributed by atoms with Gasteiger partial charge in [-0.2, -0.15) is 4.98 Å². The molecule has 2 rings (SSSR count). The van der Waals surface area contributed by atoms with Crippen molar-refractivity contribution in [1.29, 1.82) is 0 Å². The summed E-state index contributed by atoms with van der Waals surface area (Å²) in [5.74, 6) is 6.67. The van der Waals surface area contributed by atoms with E-state index < -0.39 is 0 Å². The predicted molar refractivity (Wildman–Crippen MR) is 66.9 cm³/mol. The molecule has 0 saturated heterocycles. The van der Waals surface area contributed by atoms with E-state index in [4.69, 9.17) is 22.2 Å². The van der Waals surface area contributed by atoms with E-state index in [9.17, 15) is 0 Å². The summed E-state index contributed by atoms with van der Waals surface area (Å²) in [5, 5.41) is 0.419. The van der Waals surface area contributed by atoms with Crippen molar-refractivity contribution in [3.8, 4) is 5.88 Å². The lowest BCUT2D eigenvalue weighted by Gasteiger charge is -2.27. The van der Waals surface area contributed by atoms with Gasteiger partial charge in [0, 0.05) is 0 Å². The average molecular weight is 257 g/mol. The fourth-order valence-electron chi connectivity index (χ4n) is 2.15. The number of nitrogens with one attached hydrogen (secondary N) is 1. The van der Waals surface area contributed by atoms with E-state index in [0.717, 1.165) is 12.8 Å². The van der Waals surface area contributed by atoms with Crippen LogP contribution in [0.5, 0.6) is 5.88 Å². The maximum atomic E-state index is 5.99. The third-order valence-corrected chi connectivity index (χ3v) is 3.27. The Morgan fingerprint density at radius 2 is 2.35 bits per heavy atom. The summed E-state index contributed by atoms with van der Waals surface area (Å²) in [6.07, 6.45) is 6.24. The van der Waals surface area contributed by atoms with Gasteiger partial charge in [0.2, 0.25) is 11.8 Å². The molecule has 1 aliphatic carbocycles. The molecule has 0 aromatic carbocycles. The average Bonchev–Trinajstić information content (AvgIpc) is 2.32. The van der Waals surface area contributed by atoms with Crippen LogP contribution in [0.1, 0.15) is 32.6 Å². The Morgan fingerprint density at radius 3 is 3.06 bits per heavy atom. The highest BCUT2D eigenvalue weighted by Gasteiger charge is 2.21. The zero-order valence-corrected chi connectivity index (χ0v) is 10.6. The minimum atomic E-state index is 0.191. The van der Waals surface area contributed by atoms with Gasteiger partial charge >= 0.3 is 0 Å². The van der Waals surface area contributed by atoms with Gasteiger partial charge in [0.25, 0.3) is 0 Å². The molecule has 1 saturated carbocycles. The molecule has 1 aromatic heterocycles. The van der Waals surface area contributed by atoms with Crippen LogP contribution in [0.3, 0.4) is 0 Å². The molecule has 5 nitrogen and oxygen atoms in total. The highest BCUT2D eigenvalue weighted by atomic mass is 35.5. The summed E-state index contributed by atoms with van der Waals surface area (Å²) in [5.41, 5.74) is 2.38. The van der Waals surface area contributed by atoms with E-state index in [1.807, 2.05) is 0 Å². The Morgan fingerprint density at radius 1 is 1.53 bits per heavy atom. The number of nitrogens with two attached hydrogens (primary N) is 1. The van der Waals surface area contributed by atoms with E-state index in [1.165, 1.54) is 19.0 Å². The maximum Gasteiger partial charge on any atom is 0.240 e. The summed E-state index contributed by atoms with van der Waals surface area (Å²) in [6, 6.07) is 0. The third-order valence-electron chi connectivity index (χ3n) is 3.01. The summed E-state index contributed by atoms with van der Waals surface area (Å²) in [7, 11) is 0. The molecule has 2 atom stereocenters. The van der Waals surface area contributed by atoms with Gasteiger partial charge in [-0.1, -0.05) is 24.9 Å². The molecule has 1 heterocycles. The lowest BCUT2D eigenvalue weighted by Crippen LogP contribution is -2.25. The number of halogens is 1. The number of nitrogens with zero attached hydrogens (tertiary/aromatic N) is 2. The zero-order chi connectivity index (χ0) is 12.3. The molecular formula is C11H17ClN4O. The molecule has 1 aromatic rings. The summed E-state index contributed by atoms with van der Waals surface area (Å²) >= 11 is 5.99. The van der Waals surface area contributed by atoms with Crippen LogP contribution in [-0.4, -0.2) is 16.1 Å². The molecule has 1 aliphatic rings. The molecule has 0 amide bonds. The molecule has 2 unspecified atom stereocenters. The number of nitrogen functional groups attached to an aromatic ring is 1. The molecule has 0 radical (unpaired) electrons. The molecular weight excluding hydrogens is 240 g/mol. The largest absolute Gasteiger partial charge is 0.473 e. The lowest BCUT2D eigenvalue weighted by molar-refractivity contribution is 0.124. The van der Waals surface area contributed by atoms with Gasteiger partial charge < -0.3 is 4.74 Å². The van der Waals surface area contributed by atoms with Crippen molar-refractivity contribution in [1.82, 2.24) is 9.97 Å².